The van der Waals surface area contributed by atoms with Crippen LogP contribution < -0.4 is 9.46 Å². The van der Waals surface area contributed by atoms with Gasteiger partial charge in [-0.25, -0.2) is 21.2 Å². The Balaban J connectivity index is 1.68. The lowest BCUT2D eigenvalue weighted by atomic mass is 10.0. The third-order valence-corrected chi connectivity index (χ3v) is 10.4. The van der Waals surface area contributed by atoms with E-state index in [4.69, 9.17) is 4.74 Å². The van der Waals surface area contributed by atoms with Gasteiger partial charge in [0.2, 0.25) is 15.9 Å². The maximum atomic E-state index is 13.4. The number of carbonyl (C=O) groups excluding carboxylic acids is 1. The number of rotatable bonds is 9. The minimum Gasteiger partial charge on any atom is -0.488 e. The van der Waals surface area contributed by atoms with Gasteiger partial charge in [0, 0.05) is 30.8 Å². The van der Waals surface area contributed by atoms with Crippen LogP contribution in [0.3, 0.4) is 0 Å². The SMILES string of the molecule is C[C@@H]1CN([C@H](C)CO)C(=O)Cc2cc(NS(=O)(=O)c3ccccc3)ccc2O[C@@H]1CN(C)S(=O)(=O)c1ccc(F)cc1. The molecule has 0 fully saturated rings. The van der Waals surface area contributed by atoms with Crippen LogP contribution in [-0.4, -0.2) is 75.9 Å². The largest absolute Gasteiger partial charge is 0.488 e. The number of halogens is 1. The summed E-state index contributed by atoms with van der Waals surface area (Å²) < 4.78 is 75.7. The first-order valence-electron chi connectivity index (χ1n) is 13.3. The first kappa shape index (κ1) is 31.4. The Labute approximate surface area is 245 Å². The number of nitrogens with zero attached hydrogens (tertiary/aromatic N) is 2. The van der Waals surface area contributed by atoms with Gasteiger partial charge in [-0.3, -0.25) is 9.52 Å². The van der Waals surface area contributed by atoms with E-state index in [2.05, 4.69) is 4.72 Å². The van der Waals surface area contributed by atoms with Gasteiger partial charge in [0.15, 0.2) is 0 Å². The topological polar surface area (TPSA) is 133 Å². The number of nitrogens with one attached hydrogen (secondary N) is 1. The Bertz CT molecular complexity index is 1620. The second-order valence-corrected chi connectivity index (χ2v) is 14.1. The predicted molar refractivity (Wildman–Crippen MR) is 155 cm³/mol. The standard InChI is InChI=1S/C29H34FN3O7S2/c1-20-17-33(21(2)19-34)29(35)16-22-15-24(31-41(36,37)25-7-5-4-6-8-25)11-14-27(22)40-28(20)18-32(3)42(38,39)26-12-9-23(30)10-13-26/h4-15,20-21,28,31,34H,16-19H2,1-3H3/t20-,21-,28-/m1/s1. The molecule has 226 valence electrons. The highest BCUT2D eigenvalue weighted by Crippen LogP contribution is 2.30. The van der Waals surface area contributed by atoms with E-state index in [1.807, 2.05) is 6.92 Å². The number of hydrogen-bond acceptors (Lipinski definition) is 7. The van der Waals surface area contributed by atoms with Crippen LogP contribution >= 0.6 is 0 Å². The Morgan fingerprint density at radius 1 is 1.05 bits per heavy atom. The lowest BCUT2D eigenvalue weighted by Gasteiger charge is -2.33. The van der Waals surface area contributed by atoms with Gasteiger partial charge in [-0.05, 0) is 61.5 Å². The van der Waals surface area contributed by atoms with E-state index < -0.39 is 38.0 Å². The van der Waals surface area contributed by atoms with Crippen molar-refractivity contribution in [2.75, 3.05) is 31.5 Å². The quantitative estimate of drug-likeness (QED) is 0.376. The first-order chi connectivity index (χ1) is 19.8. The molecule has 10 nitrogen and oxygen atoms in total. The molecule has 0 aromatic heterocycles. The highest BCUT2D eigenvalue weighted by molar-refractivity contribution is 7.92. The molecule has 1 aliphatic rings. The van der Waals surface area contributed by atoms with Gasteiger partial charge in [0.25, 0.3) is 10.0 Å². The fourth-order valence-electron chi connectivity index (χ4n) is 4.66. The monoisotopic (exact) mass is 619 g/mol. The van der Waals surface area contributed by atoms with Crippen LogP contribution in [0.1, 0.15) is 19.4 Å². The van der Waals surface area contributed by atoms with Crippen molar-refractivity contribution in [2.24, 2.45) is 5.92 Å². The van der Waals surface area contributed by atoms with Crippen LogP contribution in [-0.2, 0) is 31.3 Å². The van der Waals surface area contributed by atoms with Crippen molar-refractivity contribution in [3.05, 3.63) is 84.2 Å². The van der Waals surface area contributed by atoms with E-state index in [9.17, 15) is 31.1 Å². The summed E-state index contributed by atoms with van der Waals surface area (Å²) in [5.41, 5.74) is 0.613. The molecule has 0 aliphatic carbocycles. The summed E-state index contributed by atoms with van der Waals surface area (Å²) in [4.78, 5) is 14.9. The van der Waals surface area contributed by atoms with Gasteiger partial charge >= 0.3 is 0 Å². The molecule has 0 unspecified atom stereocenters. The molecule has 3 aromatic carbocycles. The summed E-state index contributed by atoms with van der Waals surface area (Å²) in [5.74, 6) is -0.941. The van der Waals surface area contributed by atoms with E-state index in [1.165, 1.54) is 48.3 Å². The van der Waals surface area contributed by atoms with Gasteiger partial charge in [0.1, 0.15) is 17.7 Å². The number of fused-ring (bicyclic) bond motifs is 1. The number of ether oxygens (including phenoxy) is 1. The molecule has 3 aromatic rings. The molecule has 0 spiro atoms. The normalized spacial score (nSPS) is 18.8. The molecular weight excluding hydrogens is 585 g/mol. The molecule has 1 heterocycles. The summed E-state index contributed by atoms with van der Waals surface area (Å²) in [7, 11) is -6.51. The molecule has 0 radical (unpaired) electrons. The van der Waals surface area contributed by atoms with Crippen molar-refractivity contribution in [3.63, 3.8) is 0 Å². The van der Waals surface area contributed by atoms with E-state index >= 15 is 0 Å². The highest BCUT2D eigenvalue weighted by Gasteiger charge is 2.33. The number of carbonyl (C=O) groups is 1. The third kappa shape index (κ3) is 7.09. The van der Waals surface area contributed by atoms with Crippen molar-refractivity contribution in [2.45, 2.75) is 42.2 Å². The van der Waals surface area contributed by atoms with Crippen molar-refractivity contribution >= 4 is 31.6 Å². The van der Waals surface area contributed by atoms with Crippen molar-refractivity contribution in [3.8, 4) is 5.75 Å². The zero-order chi connectivity index (χ0) is 30.7. The number of amides is 1. The van der Waals surface area contributed by atoms with Gasteiger partial charge in [0.05, 0.1) is 35.4 Å². The average molecular weight is 620 g/mol. The van der Waals surface area contributed by atoms with Gasteiger partial charge in [-0.15, -0.1) is 0 Å². The molecule has 2 N–H and O–H groups in total. The number of aliphatic hydroxyl groups excluding tert-OH is 1. The predicted octanol–water partition coefficient (Wildman–Crippen LogP) is 3.10. The van der Waals surface area contributed by atoms with Crippen molar-refractivity contribution in [1.82, 2.24) is 9.21 Å². The third-order valence-electron chi connectivity index (χ3n) is 7.18. The van der Waals surface area contributed by atoms with E-state index in [0.29, 0.717) is 11.3 Å². The van der Waals surface area contributed by atoms with Gasteiger partial charge in [-0.1, -0.05) is 25.1 Å². The molecule has 1 amide bonds. The van der Waals surface area contributed by atoms with E-state index in [1.54, 1.807) is 31.2 Å². The summed E-state index contributed by atoms with van der Waals surface area (Å²) >= 11 is 0. The molecule has 0 saturated heterocycles. The zero-order valence-corrected chi connectivity index (χ0v) is 25.1. The van der Waals surface area contributed by atoms with Crippen molar-refractivity contribution in [1.29, 1.82) is 0 Å². The first-order valence-corrected chi connectivity index (χ1v) is 16.2. The second-order valence-electron chi connectivity index (χ2n) is 10.4. The fourth-order valence-corrected chi connectivity index (χ4v) is 6.92. The molecule has 13 heteroatoms. The van der Waals surface area contributed by atoms with Crippen LogP contribution in [0, 0.1) is 11.7 Å². The minimum atomic E-state index is -4.00. The molecule has 4 rings (SSSR count). The molecule has 1 aliphatic heterocycles. The van der Waals surface area contributed by atoms with Gasteiger partial charge < -0.3 is 14.7 Å². The Hall–Kier alpha value is -3.52. The number of anilines is 1. The summed E-state index contributed by atoms with van der Waals surface area (Å²) in [6, 6.07) is 16.4. The molecule has 0 saturated carbocycles. The summed E-state index contributed by atoms with van der Waals surface area (Å²) in [6.07, 6.45) is -0.876. The fraction of sp³-hybridized carbons (Fsp3) is 0.345. The van der Waals surface area contributed by atoms with Crippen LogP contribution in [0.4, 0.5) is 10.1 Å². The Morgan fingerprint density at radius 3 is 2.36 bits per heavy atom. The zero-order valence-electron chi connectivity index (χ0n) is 23.5. The molecule has 42 heavy (non-hydrogen) atoms. The Kier molecular flexibility index (Phi) is 9.56. The smallest absolute Gasteiger partial charge is 0.261 e. The number of sulfonamides is 2. The second kappa shape index (κ2) is 12.8. The number of benzene rings is 3. The van der Waals surface area contributed by atoms with E-state index in [0.717, 1.165) is 16.4 Å². The maximum Gasteiger partial charge on any atom is 0.261 e. The molecule has 0 bridgehead atoms. The maximum absolute atomic E-state index is 13.4. The van der Waals surface area contributed by atoms with Crippen molar-refractivity contribution < 1.29 is 35.9 Å². The highest BCUT2D eigenvalue weighted by atomic mass is 32.2. The molecular formula is C29H34FN3O7S2. The lowest BCUT2D eigenvalue weighted by molar-refractivity contribution is -0.134. The van der Waals surface area contributed by atoms with Gasteiger partial charge in [-0.2, -0.15) is 4.31 Å². The summed E-state index contributed by atoms with van der Waals surface area (Å²) in [6.45, 7) is 3.32. The molecule has 3 atom stereocenters. The number of aliphatic hydroxyl groups is 1. The number of hydrogen-bond donors (Lipinski definition) is 2. The van der Waals surface area contributed by atoms with Crippen LogP contribution in [0.5, 0.6) is 5.75 Å². The van der Waals surface area contributed by atoms with E-state index in [-0.39, 0.29) is 53.4 Å². The summed E-state index contributed by atoms with van der Waals surface area (Å²) in [5, 5.41) is 9.85. The van der Waals surface area contributed by atoms with Crippen LogP contribution in [0.15, 0.2) is 82.6 Å². The number of likely N-dealkylation sites (N-methyl/N-ethyl adjacent to an activating group) is 1. The average Bonchev–Trinajstić information content (AvgIpc) is 3.00. The van der Waals surface area contributed by atoms with Crippen LogP contribution in [0.2, 0.25) is 0 Å². The van der Waals surface area contributed by atoms with Crippen LogP contribution in [0.25, 0.3) is 0 Å². The minimum absolute atomic E-state index is 0.0723. The lowest BCUT2D eigenvalue weighted by Crippen LogP contribution is -2.48. The Morgan fingerprint density at radius 2 is 1.71 bits per heavy atom.